The van der Waals surface area contributed by atoms with Crippen molar-refractivity contribution in [3.63, 3.8) is 0 Å². The molecule has 0 radical (unpaired) electrons. The second kappa shape index (κ2) is 5.00. The zero-order chi connectivity index (χ0) is 13.1. The third-order valence-electron chi connectivity index (χ3n) is 2.83. The van der Waals surface area contributed by atoms with E-state index in [1.54, 1.807) is 0 Å². The number of hydrogen-bond acceptors (Lipinski definition) is 2. The van der Waals surface area contributed by atoms with E-state index in [2.05, 4.69) is 30.4 Å². The van der Waals surface area contributed by atoms with Crippen LogP contribution in [0.1, 0.15) is 18.1 Å². The highest BCUT2D eigenvalue weighted by Crippen LogP contribution is 2.17. The molecule has 0 saturated heterocycles. The molecule has 1 amide bonds. The van der Waals surface area contributed by atoms with Crippen LogP contribution < -0.4 is 5.32 Å². The molecule has 3 nitrogen and oxygen atoms in total. The van der Waals surface area contributed by atoms with Crippen LogP contribution in [-0.4, -0.2) is 11.7 Å². The first kappa shape index (κ1) is 12.3. The molecular weight excluding hydrogens is 226 g/mol. The summed E-state index contributed by atoms with van der Waals surface area (Å²) in [6.45, 7) is 3.70. The molecule has 0 fully saturated rings. The smallest absolute Gasteiger partial charge is 0.287 e. The SMILES string of the molecule is CC(=O)C(=O)NCc1ccc2cc(C)ccc2c1. The molecule has 0 bridgehead atoms. The Morgan fingerprint density at radius 2 is 1.72 bits per heavy atom. The van der Waals surface area contributed by atoms with Gasteiger partial charge < -0.3 is 5.32 Å². The van der Waals surface area contributed by atoms with Crippen LogP contribution in [0.15, 0.2) is 36.4 Å². The van der Waals surface area contributed by atoms with E-state index in [9.17, 15) is 9.59 Å². The predicted octanol–water partition coefficient (Wildman–Crippen LogP) is 2.35. The van der Waals surface area contributed by atoms with Crippen molar-refractivity contribution in [3.05, 3.63) is 47.5 Å². The fraction of sp³-hybridized carbons (Fsp3) is 0.200. The van der Waals surface area contributed by atoms with Crippen molar-refractivity contribution < 1.29 is 9.59 Å². The molecule has 0 unspecified atom stereocenters. The summed E-state index contributed by atoms with van der Waals surface area (Å²) in [5.74, 6) is -1.01. The largest absolute Gasteiger partial charge is 0.345 e. The number of Topliss-reactive ketones (excluding diaryl/α,β-unsaturated/α-hetero) is 1. The van der Waals surface area contributed by atoms with E-state index >= 15 is 0 Å². The first-order chi connectivity index (χ1) is 8.56. The minimum atomic E-state index is -0.543. The number of ketones is 1. The van der Waals surface area contributed by atoms with Gasteiger partial charge in [-0.15, -0.1) is 0 Å². The van der Waals surface area contributed by atoms with Gasteiger partial charge in [0.2, 0.25) is 5.78 Å². The van der Waals surface area contributed by atoms with Crippen LogP contribution in [0.3, 0.4) is 0 Å². The Morgan fingerprint density at radius 1 is 1.06 bits per heavy atom. The summed E-state index contributed by atoms with van der Waals surface area (Å²) in [5, 5.41) is 4.90. The lowest BCUT2D eigenvalue weighted by Gasteiger charge is -2.05. The van der Waals surface area contributed by atoms with Crippen LogP contribution >= 0.6 is 0 Å². The van der Waals surface area contributed by atoms with Crippen LogP contribution in [0.4, 0.5) is 0 Å². The summed E-state index contributed by atoms with van der Waals surface area (Å²) >= 11 is 0. The Kier molecular flexibility index (Phi) is 3.42. The number of amides is 1. The van der Waals surface area contributed by atoms with Crippen molar-refractivity contribution in [1.29, 1.82) is 0 Å². The van der Waals surface area contributed by atoms with Crippen LogP contribution in [0.25, 0.3) is 10.8 Å². The molecule has 92 valence electrons. The molecule has 2 aromatic rings. The van der Waals surface area contributed by atoms with Gasteiger partial charge in [-0.3, -0.25) is 9.59 Å². The van der Waals surface area contributed by atoms with Gasteiger partial charge in [-0.05, 0) is 29.3 Å². The molecule has 0 saturated carbocycles. The highest BCUT2D eigenvalue weighted by atomic mass is 16.2. The summed E-state index contributed by atoms with van der Waals surface area (Å²) in [7, 11) is 0. The minimum absolute atomic E-state index is 0.377. The number of nitrogens with one attached hydrogen (secondary N) is 1. The van der Waals surface area contributed by atoms with Gasteiger partial charge in [0.25, 0.3) is 5.91 Å². The maximum absolute atomic E-state index is 11.2. The fourth-order valence-corrected chi connectivity index (χ4v) is 1.83. The van der Waals surface area contributed by atoms with E-state index in [4.69, 9.17) is 0 Å². The molecule has 0 aliphatic heterocycles. The molecule has 3 heteroatoms. The van der Waals surface area contributed by atoms with E-state index in [0.717, 1.165) is 10.9 Å². The molecule has 0 aromatic heterocycles. The summed E-state index contributed by atoms with van der Waals surface area (Å²) < 4.78 is 0. The normalized spacial score (nSPS) is 10.3. The number of rotatable bonds is 3. The van der Waals surface area contributed by atoms with E-state index in [-0.39, 0.29) is 0 Å². The van der Waals surface area contributed by atoms with Crippen molar-refractivity contribution in [3.8, 4) is 0 Å². The van der Waals surface area contributed by atoms with Gasteiger partial charge >= 0.3 is 0 Å². The topological polar surface area (TPSA) is 46.2 Å². The number of fused-ring (bicyclic) bond motifs is 1. The lowest BCUT2D eigenvalue weighted by molar-refractivity contribution is -0.136. The lowest BCUT2D eigenvalue weighted by Crippen LogP contribution is -2.28. The molecule has 0 heterocycles. The minimum Gasteiger partial charge on any atom is -0.345 e. The third kappa shape index (κ3) is 2.74. The van der Waals surface area contributed by atoms with E-state index in [1.807, 2.05) is 18.2 Å². The van der Waals surface area contributed by atoms with Crippen molar-refractivity contribution in [2.75, 3.05) is 0 Å². The molecule has 0 atom stereocenters. The highest BCUT2D eigenvalue weighted by Gasteiger charge is 2.06. The Morgan fingerprint density at radius 3 is 2.44 bits per heavy atom. The van der Waals surface area contributed by atoms with Crippen molar-refractivity contribution in [1.82, 2.24) is 5.32 Å². The monoisotopic (exact) mass is 241 g/mol. The maximum atomic E-state index is 11.2. The van der Waals surface area contributed by atoms with Crippen LogP contribution in [0.5, 0.6) is 0 Å². The lowest BCUT2D eigenvalue weighted by atomic mass is 10.0. The third-order valence-corrected chi connectivity index (χ3v) is 2.83. The summed E-state index contributed by atoms with van der Waals surface area (Å²) in [5.41, 5.74) is 2.21. The molecule has 2 rings (SSSR count). The van der Waals surface area contributed by atoms with Crippen LogP contribution in [-0.2, 0) is 16.1 Å². The summed E-state index contributed by atoms with van der Waals surface area (Å²) in [6, 6.07) is 12.2. The number of carbonyl (C=O) groups excluding carboxylic acids is 2. The van der Waals surface area contributed by atoms with Gasteiger partial charge in [0.1, 0.15) is 0 Å². The fourth-order valence-electron chi connectivity index (χ4n) is 1.83. The number of hydrogen-bond donors (Lipinski definition) is 1. The van der Waals surface area contributed by atoms with E-state index in [1.165, 1.54) is 17.9 Å². The summed E-state index contributed by atoms with van der Waals surface area (Å²) in [4.78, 5) is 22.0. The Labute approximate surface area is 106 Å². The molecular formula is C15H15NO2. The zero-order valence-electron chi connectivity index (χ0n) is 10.5. The Bertz CT molecular complexity index is 617. The molecule has 0 aliphatic carbocycles. The molecule has 1 N–H and O–H groups in total. The van der Waals surface area contributed by atoms with Crippen molar-refractivity contribution in [2.24, 2.45) is 0 Å². The second-order valence-corrected chi connectivity index (χ2v) is 4.42. The van der Waals surface area contributed by atoms with E-state index < -0.39 is 11.7 Å². The van der Waals surface area contributed by atoms with Crippen LogP contribution in [0.2, 0.25) is 0 Å². The number of carbonyl (C=O) groups is 2. The van der Waals surface area contributed by atoms with Gasteiger partial charge in [0.15, 0.2) is 0 Å². The van der Waals surface area contributed by atoms with Gasteiger partial charge in [-0.2, -0.15) is 0 Å². The first-order valence-corrected chi connectivity index (χ1v) is 5.84. The van der Waals surface area contributed by atoms with Gasteiger partial charge in [-0.25, -0.2) is 0 Å². The molecule has 2 aromatic carbocycles. The zero-order valence-corrected chi connectivity index (χ0v) is 10.5. The van der Waals surface area contributed by atoms with Gasteiger partial charge in [0.05, 0.1) is 0 Å². The van der Waals surface area contributed by atoms with Crippen LogP contribution in [0, 0.1) is 6.92 Å². The predicted molar refractivity (Wildman–Crippen MR) is 71.2 cm³/mol. The van der Waals surface area contributed by atoms with Gasteiger partial charge in [0, 0.05) is 13.5 Å². The molecule has 0 aliphatic rings. The Hall–Kier alpha value is -2.16. The average molecular weight is 241 g/mol. The number of benzene rings is 2. The second-order valence-electron chi connectivity index (χ2n) is 4.42. The quantitative estimate of drug-likeness (QED) is 0.838. The molecule has 18 heavy (non-hydrogen) atoms. The maximum Gasteiger partial charge on any atom is 0.287 e. The molecule has 0 spiro atoms. The summed E-state index contributed by atoms with van der Waals surface area (Å²) in [6.07, 6.45) is 0. The number of aryl methyl sites for hydroxylation is 1. The van der Waals surface area contributed by atoms with Crippen molar-refractivity contribution in [2.45, 2.75) is 20.4 Å². The highest BCUT2D eigenvalue weighted by molar-refractivity contribution is 6.35. The first-order valence-electron chi connectivity index (χ1n) is 5.84. The van der Waals surface area contributed by atoms with E-state index in [0.29, 0.717) is 6.54 Å². The van der Waals surface area contributed by atoms with Crippen molar-refractivity contribution >= 4 is 22.5 Å². The van der Waals surface area contributed by atoms with Gasteiger partial charge in [-0.1, -0.05) is 35.9 Å². The average Bonchev–Trinajstić information content (AvgIpc) is 2.35. The Balaban J connectivity index is 2.18. The standard InChI is InChI=1S/C15H15NO2/c1-10-3-5-14-8-12(4-6-13(14)7-10)9-16-15(18)11(2)17/h3-8H,9H2,1-2H3,(H,16,18).